The zero-order chi connectivity index (χ0) is 28.9. The molecule has 3 aliphatic rings. The van der Waals surface area contributed by atoms with E-state index in [1.165, 1.54) is 5.56 Å². The van der Waals surface area contributed by atoms with Crippen LogP contribution >= 0.6 is 0 Å². The van der Waals surface area contributed by atoms with Gasteiger partial charge in [-0.1, -0.05) is 37.3 Å². The highest BCUT2D eigenvalue weighted by Crippen LogP contribution is 2.36. The summed E-state index contributed by atoms with van der Waals surface area (Å²) < 4.78 is 3.78. The normalized spacial score (nSPS) is 22.0. The average Bonchev–Trinajstić information content (AvgIpc) is 3.71. The Bertz CT molecular complexity index is 1670. The number of amides is 2. The second-order valence-corrected chi connectivity index (χ2v) is 12.5. The molecule has 1 N–H and O–H groups in total. The van der Waals surface area contributed by atoms with Crippen molar-refractivity contribution in [3.05, 3.63) is 88.9 Å². The number of fused-ring (bicyclic) bond motifs is 1. The van der Waals surface area contributed by atoms with Gasteiger partial charge in [0.15, 0.2) is 11.5 Å². The molecule has 1 aromatic carbocycles. The summed E-state index contributed by atoms with van der Waals surface area (Å²) >= 11 is 0. The highest BCUT2D eigenvalue weighted by molar-refractivity contribution is 5.78. The lowest BCUT2D eigenvalue weighted by Gasteiger charge is -2.39. The van der Waals surface area contributed by atoms with Crippen LogP contribution in [0.4, 0.5) is 16.3 Å². The van der Waals surface area contributed by atoms with E-state index < -0.39 is 0 Å². The molecule has 10 nitrogen and oxygen atoms in total. The van der Waals surface area contributed by atoms with Crippen molar-refractivity contribution in [1.29, 1.82) is 0 Å². The first-order valence-corrected chi connectivity index (χ1v) is 14.9. The van der Waals surface area contributed by atoms with Crippen molar-refractivity contribution in [1.82, 2.24) is 29.2 Å². The Labute approximate surface area is 245 Å². The highest BCUT2D eigenvalue weighted by Gasteiger charge is 2.44. The molecule has 0 bridgehead atoms. The molecule has 3 saturated heterocycles. The van der Waals surface area contributed by atoms with E-state index in [0.29, 0.717) is 19.6 Å². The number of aryl methyl sites for hydroxylation is 1. The smallest absolute Gasteiger partial charge is 0.318 e. The maximum absolute atomic E-state index is 13.3. The molecular formula is C32H38N8O2. The van der Waals surface area contributed by atoms with Crippen molar-refractivity contribution < 1.29 is 4.79 Å². The lowest BCUT2D eigenvalue weighted by atomic mass is 9.82. The minimum atomic E-state index is -0.251. The van der Waals surface area contributed by atoms with Crippen molar-refractivity contribution in [3.63, 3.8) is 0 Å². The number of anilines is 2. The fourth-order valence-corrected chi connectivity index (χ4v) is 7.12. The Hall–Kier alpha value is -4.34. The third-order valence-electron chi connectivity index (χ3n) is 9.69. The number of piperidine rings is 1. The van der Waals surface area contributed by atoms with Gasteiger partial charge < -0.3 is 29.0 Å². The van der Waals surface area contributed by atoms with Gasteiger partial charge in [-0.15, -0.1) is 0 Å². The van der Waals surface area contributed by atoms with E-state index in [4.69, 9.17) is 0 Å². The first-order chi connectivity index (χ1) is 20.3. The average molecular weight is 567 g/mol. The number of hydrogen-bond acceptors (Lipinski definition) is 6. The summed E-state index contributed by atoms with van der Waals surface area (Å²) in [7, 11) is 0. The van der Waals surface area contributed by atoms with Gasteiger partial charge in [0.1, 0.15) is 0 Å². The van der Waals surface area contributed by atoms with Gasteiger partial charge >= 0.3 is 6.03 Å². The molecule has 218 valence electrons. The minimum absolute atomic E-state index is 0.0124. The molecule has 0 aliphatic carbocycles. The summed E-state index contributed by atoms with van der Waals surface area (Å²) in [5.74, 6) is 0.885. The van der Waals surface area contributed by atoms with E-state index in [9.17, 15) is 9.59 Å². The van der Waals surface area contributed by atoms with Crippen molar-refractivity contribution >= 4 is 23.2 Å². The molecule has 0 radical (unpaired) electrons. The molecule has 4 aromatic rings. The molecule has 3 aliphatic heterocycles. The van der Waals surface area contributed by atoms with Crippen LogP contribution in [0.25, 0.3) is 5.65 Å². The molecule has 2 amide bonds. The minimum Gasteiger partial charge on any atom is -0.370 e. The number of pyridine rings is 1. The highest BCUT2D eigenvalue weighted by atomic mass is 16.2. The van der Waals surface area contributed by atoms with Crippen LogP contribution in [0, 0.1) is 6.92 Å². The number of benzene rings is 1. The molecule has 0 saturated carbocycles. The van der Waals surface area contributed by atoms with Crippen LogP contribution in [0.15, 0.2) is 72.0 Å². The quantitative estimate of drug-likeness (QED) is 0.385. The first-order valence-electron chi connectivity index (χ1n) is 14.9. The molecule has 3 fully saturated rings. The number of nitrogens with one attached hydrogen (secondary N) is 1. The molecule has 1 atom stereocenters. The largest absolute Gasteiger partial charge is 0.370 e. The summed E-state index contributed by atoms with van der Waals surface area (Å²) in [6, 6.07) is 14.5. The van der Waals surface area contributed by atoms with Crippen LogP contribution in [0.1, 0.15) is 37.4 Å². The van der Waals surface area contributed by atoms with Crippen LogP contribution < -0.4 is 20.7 Å². The Morgan fingerprint density at radius 1 is 0.881 bits per heavy atom. The van der Waals surface area contributed by atoms with Crippen LogP contribution in [0.3, 0.4) is 0 Å². The summed E-state index contributed by atoms with van der Waals surface area (Å²) in [6.07, 6.45) is 10.1. The SMILES string of the molecule is Cc1cc(N2CCC(C)(c3ccccc3)C2)cc(=O)n1CCN1CC2(CCN(c3nccn4ccnc34)CC2)NC1=O. The van der Waals surface area contributed by atoms with Gasteiger partial charge in [-0.3, -0.25) is 4.79 Å². The second-order valence-electron chi connectivity index (χ2n) is 12.5. The molecule has 3 aromatic heterocycles. The number of carbonyl (C=O) groups is 1. The summed E-state index contributed by atoms with van der Waals surface area (Å²) in [6.45, 7) is 9.35. The van der Waals surface area contributed by atoms with Gasteiger partial charge in [0.25, 0.3) is 5.56 Å². The molecule has 10 heteroatoms. The van der Waals surface area contributed by atoms with Crippen LogP contribution in [-0.4, -0.2) is 74.7 Å². The number of imidazole rings is 1. The maximum atomic E-state index is 13.3. The number of hydrogen-bond donors (Lipinski definition) is 1. The van der Waals surface area contributed by atoms with E-state index >= 15 is 0 Å². The predicted molar refractivity (Wildman–Crippen MR) is 163 cm³/mol. The third kappa shape index (κ3) is 4.68. The van der Waals surface area contributed by atoms with E-state index in [2.05, 4.69) is 68.4 Å². The maximum Gasteiger partial charge on any atom is 0.318 e. The Morgan fingerprint density at radius 2 is 1.62 bits per heavy atom. The number of aromatic nitrogens is 4. The van der Waals surface area contributed by atoms with Crippen LogP contribution in [0.5, 0.6) is 0 Å². The monoisotopic (exact) mass is 566 g/mol. The molecular weight excluding hydrogens is 528 g/mol. The number of carbonyl (C=O) groups excluding carboxylic acids is 1. The van der Waals surface area contributed by atoms with Gasteiger partial charge in [-0.2, -0.15) is 0 Å². The van der Waals surface area contributed by atoms with Crippen molar-refractivity contribution in [2.24, 2.45) is 0 Å². The van der Waals surface area contributed by atoms with Gasteiger partial charge in [0, 0.05) is 93.5 Å². The summed E-state index contributed by atoms with van der Waals surface area (Å²) in [5, 5.41) is 3.28. The summed E-state index contributed by atoms with van der Waals surface area (Å²) in [5.41, 5.74) is 3.92. The second kappa shape index (κ2) is 10.2. The van der Waals surface area contributed by atoms with Gasteiger partial charge in [-0.05, 0) is 37.8 Å². The fourth-order valence-electron chi connectivity index (χ4n) is 7.12. The molecule has 1 unspecified atom stereocenters. The van der Waals surface area contributed by atoms with Crippen LogP contribution in [0.2, 0.25) is 0 Å². The van der Waals surface area contributed by atoms with Gasteiger partial charge in [0.2, 0.25) is 0 Å². The summed E-state index contributed by atoms with van der Waals surface area (Å²) in [4.78, 5) is 41.8. The lowest BCUT2D eigenvalue weighted by Crippen LogP contribution is -2.52. The fraction of sp³-hybridized carbons (Fsp3) is 0.438. The predicted octanol–water partition coefficient (Wildman–Crippen LogP) is 3.43. The van der Waals surface area contributed by atoms with E-state index in [-0.39, 0.29) is 22.5 Å². The van der Waals surface area contributed by atoms with Gasteiger partial charge in [-0.25, -0.2) is 14.8 Å². The molecule has 6 heterocycles. The topological polar surface area (TPSA) is 91.0 Å². The molecule has 42 heavy (non-hydrogen) atoms. The van der Waals surface area contributed by atoms with Crippen LogP contribution in [-0.2, 0) is 12.0 Å². The van der Waals surface area contributed by atoms with E-state index in [0.717, 1.165) is 68.3 Å². The number of urea groups is 1. The number of rotatable bonds is 6. The van der Waals surface area contributed by atoms with Crippen molar-refractivity contribution in [3.8, 4) is 0 Å². The number of nitrogens with zero attached hydrogens (tertiary/aromatic N) is 7. The van der Waals surface area contributed by atoms with E-state index in [1.807, 2.05) is 28.6 Å². The molecule has 7 rings (SSSR count). The standard InChI is InChI=1S/C32H38N8O2/c1-24-20-26(38-13-8-31(2,22-38)25-6-4-3-5-7-25)21-27(41)40(24)19-18-39-23-32(35-30(39)42)9-14-36(15-10-32)28-29-34-12-17-37(29)16-11-33-28/h3-7,11-12,16-17,20-21H,8-10,13-15,18-19,22-23H2,1-2H3,(H,35,42). The zero-order valence-corrected chi connectivity index (χ0v) is 24.4. The van der Waals surface area contributed by atoms with E-state index in [1.54, 1.807) is 23.0 Å². The van der Waals surface area contributed by atoms with Crippen molar-refractivity contribution in [2.75, 3.05) is 49.1 Å². The lowest BCUT2D eigenvalue weighted by molar-refractivity contribution is 0.215. The third-order valence-corrected chi connectivity index (χ3v) is 9.69. The Kier molecular flexibility index (Phi) is 6.44. The zero-order valence-electron chi connectivity index (χ0n) is 24.4. The first kappa shape index (κ1) is 26.6. The molecule has 1 spiro atoms. The van der Waals surface area contributed by atoms with Crippen molar-refractivity contribution in [2.45, 2.75) is 50.6 Å². The Morgan fingerprint density at radius 3 is 2.38 bits per heavy atom. The Balaban J connectivity index is 0.982. The van der Waals surface area contributed by atoms with Gasteiger partial charge in [0.05, 0.1) is 5.54 Å².